The van der Waals surface area contributed by atoms with E-state index in [-0.39, 0.29) is 23.8 Å². The molecule has 2 aliphatic rings. The highest BCUT2D eigenvalue weighted by Gasteiger charge is 2.44. The van der Waals surface area contributed by atoms with Crippen molar-refractivity contribution >= 4 is 34.5 Å². The lowest BCUT2D eigenvalue weighted by Crippen LogP contribution is -2.47. The minimum Gasteiger partial charge on any atom is -0.367 e. The van der Waals surface area contributed by atoms with Crippen molar-refractivity contribution < 1.29 is 9.59 Å². The number of benzene rings is 2. The first-order chi connectivity index (χ1) is 17.4. The first-order valence-electron chi connectivity index (χ1n) is 12.7. The van der Waals surface area contributed by atoms with Gasteiger partial charge in [0.1, 0.15) is 0 Å². The zero-order valence-electron chi connectivity index (χ0n) is 21.2. The van der Waals surface area contributed by atoms with Crippen LogP contribution in [0.1, 0.15) is 46.6 Å². The number of fused-ring (bicyclic) bond motifs is 1. The molecule has 6 nitrogen and oxygen atoms in total. The van der Waals surface area contributed by atoms with E-state index >= 15 is 0 Å². The maximum atomic E-state index is 14.2. The molecular formula is C29H34N4O2S. The van der Waals surface area contributed by atoms with Crippen molar-refractivity contribution in [3.8, 4) is 0 Å². The fraction of sp³-hybridized carbons (Fsp3) is 0.379. The highest BCUT2D eigenvalue weighted by molar-refractivity contribution is 7.10. The van der Waals surface area contributed by atoms with E-state index in [2.05, 4.69) is 42.1 Å². The number of para-hydroxylation sites is 2. The highest BCUT2D eigenvalue weighted by atomic mass is 32.1. The third-order valence-electron chi connectivity index (χ3n) is 7.12. The average Bonchev–Trinajstić information content (AvgIpc) is 3.41. The van der Waals surface area contributed by atoms with Crippen LogP contribution in [0.25, 0.3) is 0 Å². The zero-order chi connectivity index (χ0) is 25.2. The van der Waals surface area contributed by atoms with Crippen LogP contribution in [0.15, 0.2) is 66.0 Å². The van der Waals surface area contributed by atoms with Gasteiger partial charge in [0.25, 0.3) is 5.91 Å². The largest absolute Gasteiger partial charge is 0.367 e. The van der Waals surface area contributed by atoms with Crippen LogP contribution in [-0.2, 0) is 4.79 Å². The summed E-state index contributed by atoms with van der Waals surface area (Å²) in [5, 5.41) is 5.30. The summed E-state index contributed by atoms with van der Waals surface area (Å²) in [7, 11) is 2.14. The van der Waals surface area contributed by atoms with Gasteiger partial charge in [0.2, 0.25) is 5.91 Å². The number of thiophene rings is 1. The summed E-state index contributed by atoms with van der Waals surface area (Å²) < 4.78 is 0. The van der Waals surface area contributed by atoms with Crippen LogP contribution in [0.2, 0.25) is 0 Å². The number of likely N-dealkylation sites (N-methyl/N-ethyl adjacent to an activating group) is 1. The van der Waals surface area contributed by atoms with Gasteiger partial charge >= 0.3 is 0 Å². The fourth-order valence-electron chi connectivity index (χ4n) is 5.36. The minimum absolute atomic E-state index is 0.000383. The molecule has 0 unspecified atom stereocenters. The molecule has 3 aromatic rings. The van der Waals surface area contributed by atoms with Crippen molar-refractivity contribution in [1.29, 1.82) is 0 Å². The van der Waals surface area contributed by atoms with E-state index in [0.717, 1.165) is 48.0 Å². The van der Waals surface area contributed by atoms with Crippen LogP contribution in [0, 0.1) is 5.92 Å². The second-order valence-electron chi connectivity index (χ2n) is 10.2. The number of hydrogen-bond acceptors (Lipinski definition) is 5. The molecule has 2 atom stereocenters. The molecule has 0 aliphatic carbocycles. The maximum Gasteiger partial charge on any atom is 0.254 e. The Hall–Kier alpha value is -3.16. The Balaban J connectivity index is 1.54. The van der Waals surface area contributed by atoms with Crippen LogP contribution in [0.5, 0.6) is 0 Å². The predicted molar refractivity (Wildman–Crippen MR) is 147 cm³/mol. The van der Waals surface area contributed by atoms with Crippen LogP contribution < -0.4 is 10.2 Å². The van der Waals surface area contributed by atoms with Gasteiger partial charge in [0.05, 0.1) is 23.3 Å². The van der Waals surface area contributed by atoms with Gasteiger partial charge in [-0.1, -0.05) is 50.2 Å². The quantitative estimate of drug-likeness (QED) is 0.511. The minimum atomic E-state index is -0.503. The van der Waals surface area contributed by atoms with Gasteiger partial charge < -0.3 is 20.0 Å². The van der Waals surface area contributed by atoms with E-state index in [0.29, 0.717) is 12.1 Å². The van der Waals surface area contributed by atoms with Crippen LogP contribution >= 0.6 is 11.3 Å². The summed E-state index contributed by atoms with van der Waals surface area (Å²) in [4.78, 5) is 35.5. The summed E-state index contributed by atoms with van der Waals surface area (Å²) in [6, 6.07) is 19.4. The van der Waals surface area contributed by atoms with Crippen molar-refractivity contribution in [2.24, 2.45) is 5.92 Å². The third kappa shape index (κ3) is 4.77. The molecule has 0 radical (unpaired) electrons. The molecule has 0 spiro atoms. The molecule has 188 valence electrons. The van der Waals surface area contributed by atoms with E-state index in [9.17, 15) is 9.59 Å². The lowest BCUT2D eigenvalue weighted by atomic mass is 9.81. The molecule has 1 aromatic heterocycles. The van der Waals surface area contributed by atoms with Gasteiger partial charge in [-0.2, -0.15) is 0 Å². The molecule has 0 bridgehead atoms. The summed E-state index contributed by atoms with van der Waals surface area (Å²) >= 11 is 1.60. The predicted octanol–water partition coefficient (Wildman–Crippen LogP) is 5.08. The number of amides is 2. The first-order valence-corrected chi connectivity index (χ1v) is 13.6. The standard InChI is InChI=1S/C29H34N4O2S/c1-20(2)19-33-27(25-13-8-18-36-25)26(21-9-4-5-10-22(21)29(33)35)28(34)30-23-11-6-7-12-24(23)32-16-14-31(3)15-17-32/h4-13,18,20,26-27H,14-17,19H2,1-3H3,(H,30,34)/t26-,27+/m1/s1. The van der Waals surface area contributed by atoms with Crippen molar-refractivity contribution in [3.05, 3.63) is 82.0 Å². The molecule has 1 N–H and O–H groups in total. The van der Waals surface area contributed by atoms with Gasteiger partial charge in [-0.25, -0.2) is 0 Å². The van der Waals surface area contributed by atoms with Crippen LogP contribution in [0.4, 0.5) is 11.4 Å². The van der Waals surface area contributed by atoms with Crippen LogP contribution in [-0.4, -0.2) is 61.4 Å². The zero-order valence-corrected chi connectivity index (χ0v) is 22.0. The molecule has 36 heavy (non-hydrogen) atoms. The number of anilines is 2. The summed E-state index contributed by atoms with van der Waals surface area (Å²) in [6.07, 6.45) is 0. The van der Waals surface area contributed by atoms with Gasteiger partial charge in [0, 0.05) is 43.2 Å². The Bertz CT molecular complexity index is 1220. The molecule has 1 fully saturated rings. The smallest absolute Gasteiger partial charge is 0.254 e. The van der Waals surface area contributed by atoms with Crippen molar-refractivity contribution in [2.45, 2.75) is 25.8 Å². The molecule has 0 saturated carbocycles. The molecule has 7 heteroatoms. The topological polar surface area (TPSA) is 55.9 Å². The van der Waals surface area contributed by atoms with Crippen molar-refractivity contribution in [2.75, 3.05) is 50.0 Å². The van der Waals surface area contributed by atoms with Crippen LogP contribution in [0.3, 0.4) is 0 Å². The number of carbonyl (C=O) groups is 2. The Morgan fingerprint density at radius 1 is 1.00 bits per heavy atom. The Kier molecular flexibility index (Phi) is 7.12. The van der Waals surface area contributed by atoms with E-state index in [1.807, 2.05) is 64.9 Å². The summed E-state index contributed by atoms with van der Waals surface area (Å²) in [6.45, 7) is 8.64. The maximum absolute atomic E-state index is 14.2. The molecule has 1 saturated heterocycles. The highest BCUT2D eigenvalue weighted by Crippen LogP contribution is 2.45. The molecular weight excluding hydrogens is 468 g/mol. The Labute approximate surface area is 217 Å². The van der Waals surface area contributed by atoms with Gasteiger partial charge in [-0.15, -0.1) is 11.3 Å². The number of nitrogens with zero attached hydrogens (tertiary/aromatic N) is 3. The van der Waals surface area contributed by atoms with E-state index in [1.54, 1.807) is 11.3 Å². The monoisotopic (exact) mass is 502 g/mol. The fourth-order valence-corrected chi connectivity index (χ4v) is 6.23. The van der Waals surface area contributed by atoms with E-state index in [1.165, 1.54) is 0 Å². The van der Waals surface area contributed by atoms with E-state index in [4.69, 9.17) is 0 Å². The molecule has 2 aromatic carbocycles. The Morgan fingerprint density at radius 3 is 2.44 bits per heavy atom. The third-order valence-corrected chi connectivity index (χ3v) is 8.07. The lowest BCUT2D eigenvalue weighted by Gasteiger charge is -2.42. The van der Waals surface area contributed by atoms with Gasteiger partial charge in [0.15, 0.2) is 0 Å². The Morgan fingerprint density at radius 2 is 1.72 bits per heavy atom. The molecule has 3 heterocycles. The average molecular weight is 503 g/mol. The van der Waals surface area contributed by atoms with Crippen molar-refractivity contribution in [3.63, 3.8) is 0 Å². The summed E-state index contributed by atoms with van der Waals surface area (Å²) in [5.74, 6) is -0.302. The van der Waals surface area contributed by atoms with Gasteiger partial charge in [-0.05, 0) is 48.2 Å². The second kappa shape index (κ2) is 10.4. The number of piperazine rings is 1. The lowest BCUT2D eigenvalue weighted by molar-refractivity contribution is -0.119. The molecule has 2 aliphatic heterocycles. The number of carbonyl (C=O) groups excluding carboxylic acids is 2. The normalized spacial score (nSPS) is 20.5. The number of nitrogens with one attached hydrogen (secondary N) is 1. The SMILES string of the molecule is CC(C)CN1C(=O)c2ccccc2[C@@H](C(=O)Nc2ccccc2N2CCN(C)CC2)[C@@H]1c1cccs1. The number of rotatable bonds is 6. The second-order valence-corrected chi connectivity index (χ2v) is 11.2. The van der Waals surface area contributed by atoms with Gasteiger partial charge in [-0.3, -0.25) is 9.59 Å². The summed E-state index contributed by atoms with van der Waals surface area (Å²) in [5.41, 5.74) is 3.29. The van der Waals surface area contributed by atoms with Crippen molar-refractivity contribution in [1.82, 2.24) is 9.80 Å². The number of hydrogen-bond donors (Lipinski definition) is 1. The molecule has 5 rings (SSSR count). The first kappa shape index (κ1) is 24.5. The molecule has 2 amide bonds. The van der Waals surface area contributed by atoms with E-state index < -0.39 is 5.92 Å².